The molecule has 0 bridgehead atoms. The van der Waals surface area contributed by atoms with Crippen molar-refractivity contribution in [2.75, 3.05) is 6.61 Å². The van der Waals surface area contributed by atoms with E-state index < -0.39 is 42.4 Å². The Morgan fingerprint density at radius 1 is 1.10 bits per heavy atom. The molecule has 1 fully saturated rings. The Balaban J connectivity index is 1.58. The molecule has 4 atom stereocenters. The van der Waals surface area contributed by atoms with Crippen molar-refractivity contribution >= 4 is 46.2 Å². The number of hydrogen-bond acceptors (Lipinski definition) is 10. The Kier molecular flexibility index (Phi) is 6.62. The third-order valence-electron chi connectivity index (χ3n) is 3.55. The monoisotopic (exact) mass is 494 g/mol. The van der Waals surface area contributed by atoms with Gasteiger partial charge < -0.3 is 24.3 Å². The van der Waals surface area contributed by atoms with Crippen LogP contribution in [0.3, 0.4) is 0 Å². The Hall–Kier alpha value is -0.790. The van der Waals surface area contributed by atoms with Gasteiger partial charge in [-0.2, -0.15) is 8.62 Å². The maximum absolute atomic E-state index is 11.7. The van der Waals surface area contributed by atoms with E-state index in [2.05, 4.69) is 28.1 Å². The summed E-state index contributed by atoms with van der Waals surface area (Å²) in [6.07, 6.45) is 2.28. The van der Waals surface area contributed by atoms with Gasteiger partial charge in [0, 0.05) is 0 Å². The molecule has 0 aromatic carbocycles. The van der Waals surface area contributed by atoms with Crippen LogP contribution in [0.4, 0.5) is 0 Å². The van der Waals surface area contributed by atoms with Crippen LogP contribution in [0, 0.1) is 0 Å². The summed E-state index contributed by atoms with van der Waals surface area (Å²) in [4.78, 5) is 47.5. The molecule has 0 radical (unpaired) electrons. The first-order chi connectivity index (χ1) is 13.4. The van der Waals surface area contributed by atoms with Crippen molar-refractivity contribution in [2.45, 2.75) is 25.2 Å². The first-order valence-corrected chi connectivity index (χ1v) is 12.5. The molecule has 1 aliphatic heterocycles. The van der Waals surface area contributed by atoms with Gasteiger partial charge in [-0.1, -0.05) is 11.6 Å². The summed E-state index contributed by atoms with van der Waals surface area (Å²) in [7, 11) is -16.2. The van der Waals surface area contributed by atoms with Gasteiger partial charge in [-0.3, -0.25) is 9.09 Å². The van der Waals surface area contributed by atoms with Crippen molar-refractivity contribution in [1.29, 1.82) is 0 Å². The average molecular weight is 495 g/mol. The lowest BCUT2D eigenvalue weighted by Crippen LogP contribution is -2.16. The fraction of sp³-hybridized carbons (Fsp3) is 0.500. The van der Waals surface area contributed by atoms with Gasteiger partial charge in [-0.15, -0.1) is 0 Å². The first kappa shape index (κ1) is 22.9. The molecule has 0 amide bonds. The fourth-order valence-corrected chi connectivity index (χ4v) is 5.75. The van der Waals surface area contributed by atoms with Crippen molar-refractivity contribution in [3.8, 4) is 0 Å². The van der Waals surface area contributed by atoms with E-state index in [9.17, 15) is 18.6 Å². The number of imidazole rings is 1. The summed E-state index contributed by atoms with van der Waals surface area (Å²) in [6.45, 7) is -0.525. The van der Waals surface area contributed by atoms with E-state index in [1.165, 1.54) is 12.7 Å². The smallest absolute Gasteiger partial charge is 0.352 e. The van der Waals surface area contributed by atoms with Crippen LogP contribution in [0.1, 0.15) is 19.1 Å². The summed E-state index contributed by atoms with van der Waals surface area (Å²) >= 11 is 5.94. The Bertz CT molecular complexity index is 1040. The highest BCUT2D eigenvalue weighted by Gasteiger charge is 2.41. The molecule has 0 spiro atoms. The zero-order valence-corrected chi connectivity index (χ0v) is 17.5. The molecule has 29 heavy (non-hydrogen) atoms. The SMILES string of the molecule is O=P(O)(O)OP(=O)(O)OP(=O)(O)OC[C@@H]1CC[C@H](n2cnc3c(Cl)ncnc32)O1. The fourth-order valence-electron chi connectivity index (χ4n) is 2.53. The standard InChI is InChI=1S/C10H14ClN4O11P3/c11-9-8-10(13-4-12-9)15(5-14-8)7-2-1-6(24-7)3-23-28(19,20)26-29(21,22)25-27(16,17)18/h4-7H,1-3H2,(H,19,20)(H,21,22)(H2,16,17,18)/t6-,7+/m0/s1. The lowest BCUT2D eigenvalue weighted by atomic mass is 10.2. The zero-order valence-electron chi connectivity index (χ0n) is 14.1. The Morgan fingerprint density at radius 3 is 2.52 bits per heavy atom. The molecule has 2 aromatic heterocycles. The summed E-state index contributed by atoms with van der Waals surface area (Å²) in [6, 6.07) is 0. The van der Waals surface area contributed by atoms with Crippen LogP contribution in [0.2, 0.25) is 5.15 Å². The number of nitrogens with zero attached hydrogens (tertiary/aromatic N) is 4. The molecule has 0 saturated carbocycles. The topological polar surface area (TPSA) is 213 Å². The van der Waals surface area contributed by atoms with Gasteiger partial charge in [0.05, 0.1) is 19.0 Å². The number of rotatable bonds is 8. The number of halogens is 1. The van der Waals surface area contributed by atoms with Crippen LogP contribution < -0.4 is 0 Å². The minimum atomic E-state index is -5.56. The van der Waals surface area contributed by atoms with Crippen molar-refractivity contribution in [2.24, 2.45) is 0 Å². The second kappa shape index (κ2) is 8.39. The highest BCUT2D eigenvalue weighted by Crippen LogP contribution is 2.66. The van der Waals surface area contributed by atoms with Crippen LogP contribution in [0.5, 0.6) is 0 Å². The first-order valence-electron chi connectivity index (χ1n) is 7.62. The van der Waals surface area contributed by atoms with Crippen molar-refractivity contribution in [3.05, 3.63) is 17.8 Å². The van der Waals surface area contributed by atoms with Crippen molar-refractivity contribution < 1.29 is 51.2 Å². The second-order valence-electron chi connectivity index (χ2n) is 5.67. The van der Waals surface area contributed by atoms with Gasteiger partial charge in [0.25, 0.3) is 0 Å². The van der Waals surface area contributed by atoms with E-state index in [1.54, 1.807) is 4.57 Å². The molecule has 15 nitrogen and oxygen atoms in total. The summed E-state index contributed by atoms with van der Waals surface area (Å²) in [5.74, 6) is 0. The molecule has 3 rings (SSSR count). The molecule has 2 aromatic rings. The van der Waals surface area contributed by atoms with Crippen molar-refractivity contribution in [3.63, 3.8) is 0 Å². The minimum Gasteiger partial charge on any atom is -0.352 e. The van der Waals surface area contributed by atoms with E-state index in [0.717, 1.165) is 0 Å². The van der Waals surface area contributed by atoms with Gasteiger partial charge in [0.2, 0.25) is 0 Å². The predicted octanol–water partition coefficient (Wildman–Crippen LogP) is 1.50. The molecule has 2 unspecified atom stereocenters. The molecule has 1 aliphatic rings. The number of hydrogen-bond donors (Lipinski definition) is 4. The molecular formula is C10H14ClN4O11P3. The molecule has 19 heteroatoms. The average Bonchev–Trinajstić information content (AvgIpc) is 3.16. The molecular weight excluding hydrogens is 481 g/mol. The second-order valence-corrected chi connectivity index (χ2v) is 10.4. The Labute approximate surface area is 167 Å². The van der Waals surface area contributed by atoms with E-state index >= 15 is 0 Å². The Morgan fingerprint density at radius 2 is 1.83 bits per heavy atom. The van der Waals surface area contributed by atoms with Gasteiger partial charge in [-0.25, -0.2) is 28.6 Å². The maximum Gasteiger partial charge on any atom is 0.490 e. The largest absolute Gasteiger partial charge is 0.490 e. The highest BCUT2D eigenvalue weighted by atomic mass is 35.5. The number of phosphoric ester groups is 1. The van der Waals surface area contributed by atoms with Crippen molar-refractivity contribution in [1.82, 2.24) is 19.5 Å². The molecule has 1 saturated heterocycles. The van der Waals surface area contributed by atoms with E-state index in [0.29, 0.717) is 24.0 Å². The quantitative estimate of drug-likeness (QED) is 0.302. The van der Waals surface area contributed by atoms with Gasteiger partial charge in [0.1, 0.15) is 18.1 Å². The predicted molar refractivity (Wildman–Crippen MR) is 93.3 cm³/mol. The normalized spacial score (nSPS) is 24.4. The van der Waals surface area contributed by atoms with Gasteiger partial charge >= 0.3 is 23.5 Å². The van der Waals surface area contributed by atoms with Crippen LogP contribution in [-0.2, 0) is 31.6 Å². The maximum atomic E-state index is 11.7. The summed E-state index contributed by atoms with van der Waals surface area (Å²) < 4.78 is 52.7. The highest BCUT2D eigenvalue weighted by molar-refractivity contribution is 7.66. The van der Waals surface area contributed by atoms with Crippen LogP contribution in [-0.4, -0.2) is 51.8 Å². The number of fused-ring (bicyclic) bond motifs is 1. The number of ether oxygens (including phenoxy) is 1. The lowest BCUT2D eigenvalue weighted by Gasteiger charge is -2.18. The zero-order chi connectivity index (χ0) is 21.4. The summed E-state index contributed by atoms with van der Waals surface area (Å²) in [5, 5.41) is 0.163. The number of aromatic nitrogens is 4. The third-order valence-corrected chi connectivity index (χ3v) is 7.63. The van der Waals surface area contributed by atoms with Crippen LogP contribution in [0.25, 0.3) is 11.2 Å². The van der Waals surface area contributed by atoms with E-state index in [1.807, 2.05) is 0 Å². The third kappa shape index (κ3) is 6.11. The molecule has 0 aliphatic carbocycles. The minimum absolute atomic E-state index is 0.163. The van der Waals surface area contributed by atoms with Gasteiger partial charge in [0.15, 0.2) is 10.8 Å². The van der Waals surface area contributed by atoms with E-state index in [4.69, 9.17) is 31.0 Å². The van der Waals surface area contributed by atoms with E-state index in [-0.39, 0.29) is 5.15 Å². The summed E-state index contributed by atoms with van der Waals surface area (Å²) in [5.41, 5.74) is 0.790. The van der Waals surface area contributed by atoms with Crippen LogP contribution in [0.15, 0.2) is 12.7 Å². The number of phosphoric acid groups is 3. The molecule has 3 heterocycles. The lowest BCUT2D eigenvalue weighted by molar-refractivity contribution is -0.0205. The van der Waals surface area contributed by atoms with Crippen LogP contribution >= 0.6 is 35.1 Å². The molecule has 4 N–H and O–H groups in total. The molecule has 162 valence electrons. The van der Waals surface area contributed by atoms with Gasteiger partial charge in [-0.05, 0) is 12.8 Å².